The molecule has 6 aliphatic rings. The molecule has 6 heterocycles. The lowest BCUT2D eigenvalue weighted by atomic mass is 9.94. The first-order valence-electron chi connectivity index (χ1n) is 23.0. The third-order valence-corrected chi connectivity index (χ3v) is 13.2. The van der Waals surface area contributed by atoms with Crippen LogP contribution in [0.15, 0.2) is 0 Å². The van der Waals surface area contributed by atoms with Crippen molar-refractivity contribution in [3.63, 3.8) is 0 Å². The number of amides is 2. The molecule has 6 saturated heterocycles. The summed E-state index contributed by atoms with van der Waals surface area (Å²) in [5, 5.41) is 188. The number of carbonyl (C=O) groups is 2. The molecule has 0 aromatic heterocycles. The number of aliphatic hydroxyl groups is 17. The summed E-state index contributed by atoms with van der Waals surface area (Å²) in [6.07, 6.45) is -53.2. The second kappa shape index (κ2) is 25.3. The van der Waals surface area contributed by atoms with Crippen LogP contribution in [0.1, 0.15) is 20.8 Å². The van der Waals surface area contributed by atoms with Crippen molar-refractivity contribution in [3.8, 4) is 0 Å². The topological polar surface area (TPSA) is 504 Å². The van der Waals surface area contributed by atoms with E-state index in [9.17, 15) is 96.4 Å². The van der Waals surface area contributed by atoms with E-state index in [2.05, 4.69) is 10.6 Å². The minimum absolute atomic E-state index is 0.795. The Kier molecular flexibility index (Phi) is 20.8. The summed E-state index contributed by atoms with van der Waals surface area (Å²) in [4.78, 5) is 25.0. The summed E-state index contributed by atoms with van der Waals surface area (Å²) in [6, 6.07) is -3.38. The Labute approximate surface area is 408 Å². The minimum atomic E-state index is -2.32. The average Bonchev–Trinajstić information content (AvgIpc) is 3.34. The normalized spacial score (nSPS) is 50.3. The van der Waals surface area contributed by atoms with Gasteiger partial charge in [0.25, 0.3) is 0 Å². The molecule has 2 amide bonds. The van der Waals surface area contributed by atoms with Crippen LogP contribution in [-0.2, 0) is 61.7 Å². The van der Waals surface area contributed by atoms with Crippen LogP contribution >= 0.6 is 0 Å². The van der Waals surface area contributed by atoms with E-state index in [4.69, 9.17) is 52.1 Å². The molecule has 6 aliphatic heterocycles. The summed E-state index contributed by atoms with van der Waals surface area (Å²) < 4.78 is 63.7. The molecule has 32 nitrogen and oxygen atoms in total. The lowest BCUT2D eigenvalue weighted by Gasteiger charge is -2.51. The van der Waals surface area contributed by atoms with Crippen LogP contribution in [0, 0.1) is 0 Å². The second-order valence-corrected chi connectivity index (χ2v) is 18.2. The molecule has 0 saturated carbocycles. The van der Waals surface area contributed by atoms with E-state index in [1.807, 2.05) is 0 Å². The van der Waals surface area contributed by atoms with Gasteiger partial charge in [0.15, 0.2) is 37.7 Å². The molecule has 0 radical (unpaired) electrons. The Hall–Kier alpha value is -2.18. The number of hydrogen-bond donors (Lipinski definition) is 19. The van der Waals surface area contributed by atoms with Crippen LogP contribution in [0.3, 0.4) is 0 Å². The highest BCUT2D eigenvalue weighted by atomic mass is 16.8. The van der Waals surface area contributed by atoms with Gasteiger partial charge in [0.2, 0.25) is 11.8 Å². The van der Waals surface area contributed by atoms with Crippen molar-refractivity contribution in [3.05, 3.63) is 0 Å². The van der Waals surface area contributed by atoms with Crippen molar-refractivity contribution in [2.45, 2.75) is 205 Å². The summed E-state index contributed by atoms with van der Waals surface area (Å²) in [5.74, 6) is -1.62. The smallest absolute Gasteiger partial charge is 0.217 e. The fourth-order valence-electron chi connectivity index (χ4n) is 9.26. The number of aliphatic hydroxyl groups excluding tert-OH is 17. The summed E-state index contributed by atoms with van der Waals surface area (Å²) in [7, 11) is 0. The zero-order valence-electron chi connectivity index (χ0n) is 38.8. The van der Waals surface area contributed by atoms with Crippen LogP contribution in [0.25, 0.3) is 0 Å². The SMILES string of the molecule is CC(=O)N[C@H]1[C@H](O[C@@H]2[C@H](O[C@H]3O[C@H](CO)[C@H](O)[C@H](O[C@@H]4O[C@H](CO)[C@@H](O)[C@H](O[C@@H]5O[C@@H](C)[C@@H](O)[C@@H](O)[C@@H]5O)[C@H]4NC(C)=O)[C@H]3O)[C@@H](O)[C@H](O[C@H]3[C@H](O)[C@@H](O)[C@H](O)O[C@@H]3CO)O[C@@H]2CO)O[C@H](CO)[C@H](O)[C@@H]1O. The maximum Gasteiger partial charge on any atom is 0.217 e. The van der Waals surface area contributed by atoms with Gasteiger partial charge in [-0.15, -0.1) is 0 Å². The molecule has 418 valence electrons. The molecule has 0 bridgehead atoms. The minimum Gasteiger partial charge on any atom is -0.394 e. The molecule has 6 rings (SSSR count). The van der Waals surface area contributed by atoms with E-state index >= 15 is 0 Å². The van der Waals surface area contributed by atoms with E-state index in [1.54, 1.807) is 0 Å². The molecule has 0 spiro atoms. The van der Waals surface area contributed by atoms with Crippen LogP contribution < -0.4 is 10.6 Å². The molecule has 6 fully saturated rings. The highest BCUT2D eigenvalue weighted by Gasteiger charge is 2.59. The molecule has 32 heteroatoms. The van der Waals surface area contributed by atoms with Crippen molar-refractivity contribution in [1.29, 1.82) is 0 Å². The third-order valence-electron chi connectivity index (χ3n) is 13.2. The van der Waals surface area contributed by atoms with Crippen molar-refractivity contribution in [2.24, 2.45) is 0 Å². The van der Waals surface area contributed by atoms with Gasteiger partial charge in [-0.3, -0.25) is 9.59 Å². The molecule has 0 unspecified atom stereocenters. The van der Waals surface area contributed by atoms with E-state index in [-0.39, 0.29) is 0 Å². The molecule has 30 atom stereocenters. The summed E-state index contributed by atoms with van der Waals surface area (Å²) >= 11 is 0. The quantitative estimate of drug-likeness (QED) is 0.0643. The molecule has 0 aromatic rings. The van der Waals surface area contributed by atoms with Gasteiger partial charge in [-0.05, 0) is 6.92 Å². The lowest BCUT2D eigenvalue weighted by Crippen LogP contribution is -2.70. The van der Waals surface area contributed by atoms with Gasteiger partial charge >= 0.3 is 0 Å². The van der Waals surface area contributed by atoms with Crippen LogP contribution in [0.5, 0.6) is 0 Å². The maximum absolute atomic E-state index is 12.7. The number of carbonyl (C=O) groups excluding carboxylic acids is 2. The first-order chi connectivity index (χ1) is 34.0. The van der Waals surface area contributed by atoms with Gasteiger partial charge < -0.3 is 150 Å². The van der Waals surface area contributed by atoms with E-state index in [1.165, 1.54) is 6.92 Å². The van der Waals surface area contributed by atoms with Crippen LogP contribution in [0.4, 0.5) is 0 Å². The summed E-state index contributed by atoms with van der Waals surface area (Å²) in [5.41, 5.74) is 0. The number of hydrogen-bond acceptors (Lipinski definition) is 30. The number of ether oxygens (including phenoxy) is 11. The first-order valence-corrected chi connectivity index (χ1v) is 23.0. The van der Waals surface area contributed by atoms with Crippen LogP contribution in [-0.4, -0.2) is 316 Å². The maximum atomic E-state index is 12.7. The Morgan fingerprint density at radius 2 is 0.764 bits per heavy atom. The van der Waals surface area contributed by atoms with Gasteiger partial charge in [-0.25, -0.2) is 0 Å². The predicted molar refractivity (Wildman–Crippen MR) is 221 cm³/mol. The van der Waals surface area contributed by atoms with Gasteiger partial charge in [-0.1, -0.05) is 0 Å². The van der Waals surface area contributed by atoms with Crippen molar-refractivity contribution >= 4 is 11.8 Å². The van der Waals surface area contributed by atoms with E-state index in [0.29, 0.717) is 0 Å². The highest BCUT2D eigenvalue weighted by molar-refractivity contribution is 5.73. The Bertz CT molecular complexity index is 1730. The van der Waals surface area contributed by atoms with E-state index in [0.717, 1.165) is 13.8 Å². The molecule has 72 heavy (non-hydrogen) atoms. The Morgan fingerprint density at radius 3 is 1.32 bits per heavy atom. The van der Waals surface area contributed by atoms with Crippen molar-refractivity contribution in [1.82, 2.24) is 10.6 Å². The number of nitrogens with one attached hydrogen (secondary N) is 2. The summed E-state index contributed by atoms with van der Waals surface area (Å²) in [6.45, 7) is -1.66. The number of rotatable bonds is 17. The van der Waals surface area contributed by atoms with Gasteiger partial charge in [-0.2, -0.15) is 0 Å². The zero-order chi connectivity index (χ0) is 53.2. The van der Waals surface area contributed by atoms with Crippen molar-refractivity contribution in [2.75, 3.05) is 33.0 Å². The fraction of sp³-hybridized carbons (Fsp3) is 0.950. The first kappa shape index (κ1) is 59.1. The van der Waals surface area contributed by atoms with Gasteiger partial charge in [0.05, 0.1) is 39.1 Å². The lowest BCUT2D eigenvalue weighted by molar-refractivity contribution is -0.400. The standard InChI is InChI=1S/C40H68N2O30/c1-9-19(50)24(55)27(58)38(62-9)70-32-18(42-11(3)49)37(65-13(5-44)21(32)52)71-33-22(53)14(6-45)66-39(28(33)59)72-34-29(60)40(68-30-15(7-46)63-35(61)26(57)25(30)56)67-16(8-47)31(34)69-36-17(41-10(2)48)23(54)20(51)12(4-43)64-36/h9,12-40,43-47,50-61H,4-8H2,1-3H3,(H,41,48)(H,42,49)/t9-,12+,13+,14+,15+,16+,17+,18+,19+,20-,21+,22-,23+,24+,25+,26+,27-,28+,29+,30+,31-,32+,33-,34+,35+,36-,37-,38-,39+,40-/m0/s1. The van der Waals surface area contributed by atoms with Crippen LogP contribution in [0.2, 0.25) is 0 Å². The van der Waals surface area contributed by atoms with Gasteiger partial charge in [0.1, 0.15) is 140 Å². The molecule has 19 N–H and O–H groups in total. The monoisotopic (exact) mass is 1060 g/mol. The average molecular weight is 1060 g/mol. The Morgan fingerprint density at radius 1 is 0.361 bits per heavy atom. The molecule has 0 aliphatic carbocycles. The van der Waals surface area contributed by atoms with E-state index < -0.39 is 229 Å². The highest BCUT2D eigenvalue weighted by Crippen LogP contribution is 2.38. The molecular weight excluding hydrogens is 988 g/mol. The fourth-order valence-corrected chi connectivity index (χ4v) is 9.26. The zero-order valence-corrected chi connectivity index (χ0v) is 38.8. The second-order valence-electron chi connectivity index (χ2n) is 18.2. The Balaban J connectivity index is 1.35. The largest absolute Gasteiger partial charge is 0.394 e. The molecule has 0 aromatic carbocycles. The third kappa shape index (κ3) is 12.5. The predicted octanol–water partition coefficient (Wildman–Crippen LogP) is -12.8. The molecular formula is C40H68N2O30. The van der Waals surface area contributed by atoms with Crippen molar-refractivity contribution < 1.29 is 149 Å². The van der Waals surface area contributed by atoms with Gasteiger partial charge in [0, 0.05) is 13.8 Å².